The number of ketones is 1. The lowest BCUT2D eigenvalue weighted by Gasteiger charge is -2.10. The van der Waals surface area contributed by atoms with Crippen LogP contribution in [0.15, 0.2) is 0 Å². The Bertz CT molecular complexity index is 289. The van der Waals surface area contributed by atoms with Crippen LogP contribution < -0.4 is 0 Å². The minimum atomic E-state index is -3.66. The van der Waals surface area contributed by atoms with Crippen molar-refractivity contribution < 1.29 is 13.2 Å². The van der Waals surface area contributed by atoms with Gasteiger partial charge < -0.3 is 0 Å². The summed E-state index contributed by atoms with van der Waals surface area (Å²) in [6.45, 7) is 0. The van der Waals surface area contributed by atoms with Crippen molar-refractivity contribution in [2.75, 3.05) is 5.75 Å². The number of rotatable bonds is 3. The summed E-state index contributed by atoms with van der Waals surface area (Å²) in [5.41, 5.74) is 0. The van der Waals surface area contributed by atoms with E-state index in [4.69, 9.17) is 10.7 Å². The van der Waals surface area contributed by atoms with E-state index in [1.807, 2.05) is 0 Å². The highest BCUT2D eigenvalue weighted by Crippen LogP contribution is 2.24. The Balaban J connectivity index is 2.50. The molecule has 0 saturated heterocycles. The zero-order valence-electron chi connectivity index (χ0n) is 8.04. The number of carbonyl (C=O) groups excluding carboxylic acids is 1. The van der Waals surface area contributed by atoms with Gasteiger partial charge in [0.15, 0.2) is 5.78 Å². The lowest BCUT2D eigenvalue weighted by Crippen LogP contribution is -2.20. The predicted octanol–water partition coefficient (Wildman–Crippen LogP) is 2.09. The SMILES string of the molecule is O=C(CS(=O)(=O)Cl)C1CCCCCC1. The molecular weight excluding hydrogens is 224 g/mol. The largest absolute Gasteiger partial charge is 0.298 e. The van der Waals surface area contributed by atoms with Gasteiger partial charge in [0.05, 0.1) is 0 Å². The molecule has 1 rings (SSSR count). The van der Waals surface area contributed by atoms with Gasteiger partial charge in [-0.2, -0.15) is 0 Å². The van der Waals surface area contributed by atoms with Gasteiger partial charge in [0.25, 0.3) is 0 Å². The Morgan fingerprint density at radius 1 is 1.14 bits per heavy atom. The molecule has 0 bridgehead atoms. The molecule has 82 valence electrons. The fourth-order valence-corrected chi connectivity index (χ4v) is 2.79. The van der Waals surface area contributed by atoms with Crippen LogP contribution in [0.1, 0.15) is 38.5 Å². The first-order chi connectivity index (χ1) is 6.49. The highest BCUT2D eigenvalue weighted by molar-refractivity contribution is 8.14. The Kier molecular flexibility index (Phi) is 4.38. The first kappa shape index (κ1) is 12.0. The third-order valence-electron chi connectivity index (χ3n) is 2.63. The van der Waals surface area contributed by atoms with Crippen LogP contribution in [0.5, 0.6) is 0 Å². The van der Waals surface area contributed by atoms with Crippen molar-refractivity contribution in [1.82, 2.24) is 0 Å². The second-order valence-corrected chi connectivity index (χ2v) is 6.61. The Hall–Kier alpha value is -0.0900. The third-order valence-corrected chi connectivity index (χ3v) is 3.58. The van der Waals surface area contributed by atoms with Gasteiger partial charge in [0, 0.05) is 16.6 Å². The van der Waals surface area contributed by atoms with Gasteiger partial charge in [-0.25, -0.2) is 8.42 Å². The Labute approximate surface area is 89.2 Å². The van der Waals surface area contributed by atoms with Gasteiger partial charge in [0.2, 0.25) is 9.05 Å². The molecule has 0 aliphatic heterocycles. The fraction of sp³-hybridized carbons (Fsp3) is 0.889. The van der Waals surface area contributed by atoms with Crippen molar-refractivity contribution in [2.24, 2.45) is 5.92 Å². The molecule has 0 atom stereocenters. The van der Waals surface area contributed by atoms with E-state index in [1.54, 1.807) is 0 Å². The summed E-state index contributed by atoms with van der Waals surface area (Å²) in [6, 6.07) is 0. The van der Waals surface area contributed by atoms with Crippen LogP contribution in [0.25, 0.3) is 0 Å². The molecule has 0 heterocycles. The minimum absolute atomic E-state index is 0.0778. The summed E-state index contributed by atoms with van der Waals surface area (Å²) >= 11 is 0. The average Bonchev–Trinajstić information content (AvgIpc) is 2.27. The highest BCUT2D eigenvalue weighted by Gasteiger charge is 2.23. The Morgan fingerprint density at radius 3 is 2.07 bits per heavy atom. The molecule has 0 spiro atoms. The molecule has 0 aromatic carbocycles. The number of halogens is 1. The van der Waals surface area contributed by atoms with E-state index in [0.29, 0.717) is 0 Å². The van der Waals surface area contributed by atoms with E-state index in [-0.39, 0.29) is 11.7 Å². The molecule has 1 saturated carbocycles. The van der Waals surface area contributed by atoms with Gasteiger partial charge in [-0.15, -0.1) is 0 Å². The topological polar surface area (TPSA) is 51.2 Å². The maximum atomic E-state index is 11.5. The molecule has 0 N–H and O–H groups in total. The zero-order valence-corrected chi connectivity index (χ0v) is 9.61. The second kappa shape index (κ2) is 5.12. The van der Waals surface area contributed by atoms with Crippen LogP contribution in [0.3, 0.4) is 0 Å². The molecule has 0 amide bonds. The van der Waals surface area contributed by atoms with Crippen molar-refractivity contribution in [3.05, 3.63) is 0 Å². The lowest BCUT2D eigenvalue weighted by atomic mass is 9.96. The summed E-state index contributed by atoms with van der Waals surface area (Å²) in [6.07, 6.45) is 6.00. The van der Waals surface area contributed by atoms with Crippen molar-refractivity contribution >= 4 is 25.5 Å². The maximum Gasteiger partial charge on any atom is 0.239 e. The standard InChI is InChI=1S/C9H15ClO3S/c10-14(12,13)7-9(11)8-5-3-1-2-4-6-8/h8H,1-7H2. The molecule has 0 unspecified atom stereocenters. The van der Waals surface area contributed by atoms with Crippen molar-refractivity contribution in [3.63, 3.8) is 0 Å². The van der Waals surface area contributed by atoms with Crippen LogP contribution in [-0.4, -0.2) is 20.0 Å². The first-order valence-corrected chi connectivity index (χ1v) is 7.42. The quantitative estimate of drug-likeness (QED) is 0.559. The van der Waals surface area contributed by atoms with Gasteiger partial charge >= 0.3 is 0 Å². The average molecular weight is 239 g/mol. The van der Waals surface area contributed by atoms with E-state index < -0.39 is 14.8 Å². The lowest BCUT2D eigenvalue weighted by molar-refractivity contribution is -0.120. The number of Topliss-reactive ketones (excluding diaryl/α,β-unsaturated/α-hetero) is 1. The van der Waals surface area contributed by atoms with E-state index in [1.165, 1.54) is 0 Å². The molecule has 0 radical (unpaired) electrons. The molecule has 1 aliphatic carbocycles. The first-order valence-electron chi connectivity index (χ1n) is 4.94. The molecule has 1 fully saturated rings. The molecular formula is C9H15ClO3S. The smallest absolute Gasteiger partial charge is 0.239 e. The summed E-state index contributed by atoms with van der Waals surface area (Å²) in [7, 11) is 1.38. The summed E-state index contributed by atoms with van der Waals surface area (Å²) in [5.74, 6) is -0.785. The molecule has 5 heteroatoms. The van der Waals surface area contributed by atoms with E-state index >= 15 is 0 Å². The van der Waals surface area contributed by atoms with Crippen LogP contribution in [-0.2, 0) is 13.8 Å². The van der Waals surface area contributed by atoms with E-state index in [0.717, 1.165) is 38.5 Å². The molecule has 0 aromatic heterocycles. The van der Waals surface area contributed by atoms with Gasteiger partial charge in [0.1, 0.15) is 5.75 Å². The van der Waals surface area contributed by atoms with Crippen LogP contribution >= 0.6 is 10.7 Å². The molecule has 14 heavy (non-hydrogen) atoms. The minimum Gasteiger partial charge on any atom is -0.298 e. The van der Waals surface area contributed by atoms with Crippen molar-refractivity contribution in [2.45, 2.75) is 38.5 Å². The third kappa shape index (κ3) is 4.42. The van der Waals surface area contributed by atoms with E-state index in [2.05, 4.69) is 0 Å². The molecule has 1 aliphatic rings. The highest BCUT2D eigenvalue weighted by atomic mass is 35.7. The predicted molar refractivity (Wildman–Crippen MR) is 55.8 cm³/mol. The van der Waals surface area contributed by atoms with Crippen LogP contribution in [0.4, 0.5) is 0 Å². The molecule has 3 nitrogen and oxygen atoms in total. The number of hydrogen-bond donors (Lipinski definition) is 0. The van der Waals surface area contributed by atoms with Gasteiger partial charge in [-0.3, -0.25) is 4.79 Å². The number of carbonyl (C=O) groups is 1. The maximum absolute atomic E-state index is 11.5. The normalized spacial score (nSPS) is 20.4. The molecule has 0 aromatic rings. The summed E-state index contributed by atoms with van der Waals surface area (Å²) in [5, 5.41) is 0. The second-order valence-electron chi connectivity index (χ2n) is 3.84. The monoisotopic (exact) mass is 238 g/mol. The van der Waals surface area contributed by atoms with Crippen LogP contribution in [0.2, 0.25) is 0 Å². The summed E-state index contributed by atoms with van der Waals surface area (Å²) in [4.78, 5) is 11.5. The summed E-state index contributed by atoms with van der Waals surface area (Å²) < 4.78 is 21.4. The zero-order chi connectivity index (χ0) is 10.6. The van der Waals surface area contributed by atoms with Crippen LogP contribution in [0, 0.1) is 5.92 Å². The fourth-order valence-electron chi connectivity index (χ4n) is 1.89. The number of hydrogen-bond acceptors (Lipinski definition) is 3. The van der Waals surface area contributed by atoms with Gasteiger partial charge in [-0.05, 0) is 12.8 Å². The Morgan fingerprint density at radius 2 is 1.64 bits per heavy atom. The van der Waals surface area contributed by atoms with Crippen molar-refractivity contribution in [1.29, 1.82) is 0 Å². The van der Waals surface area contributed by atoms with Gasteiger partial charge in [-0.1, -0.05) is 25.7 Å². The van der Waals surface area contributed by atoms with Crippen molar-refractivity contribution in [3.8, 4) is 0 Å². The van der Waals surface area contributed by atoms with E-state index in [9.17, 15) is 13.2 Å².